The molecule has 0 aromatic rings. The zero-order valence-corrected chi connectivity index (χ0v) is 6.34. The smallest absolute Gasteiger partial charge is 0.320 e. The van der Waals surface area contributed by atoms with Gasteiger partial charge < -0.3 is 10.8 Å². The number of hydrogen-bond acceptors (Lipinski definition) is 2. The van der Waals surface area contributed by atoms with Gasteiger partial charge in [0.05, 0.1) is 0 Å². The Balaban J connectivity index is 3.21. The van der Waals surface area contributed by atoms with E-state index >= 15 is 0 Å². The highest BCUT2D eigenvalue weighted by atomic mass is 16.4. The van der Waals surface area contributed by atoms with E-state index in [0.717, 1.165) is 19.2 Å². The zero-order valence-electron chi connectivity index (χ0n) is 6.34. The zero-order chi connectivity index (χ0) is 7.98. The maximum Gasteiger partial charge on any atom is 0.320 e. The van der Waals surface area contributed by atoms with E-state index in [1.807, 2.05) is 0 Å². The Morgan fingerprint density at radius 2 is 2.20 bits per heavy atom. The first-order valence-corrected chi connectivity index (χ1v) is 3.67. The number of hydrogen-bond donors (Lipinski definition) is 2. The lowest BCUT2D eigenvalue weighted by Gasteiger charge is -2.03. The van der Waals surface area contributed by atoms with Crippen LogP contribution in [0.1, 0.15) is 19.3 Å². The monoisotopic (exact) mass is 143 g/mol. The minimum atomic E-state index is -0.892. The molecule has 0 amide bonds. The lowest BCUT2D eigenvalue weighted by atomic mass is 9.98. The highest BCUT2D eigenvalue weighted by molar-refractivity contribution is 6.08. The lowest BCUT2D eigenvalue weighted by molar-refractivity contribution is -0.138. The second-order valence-corrected chi connectivity index (χ2v) is 2.44. The molecule has 0 heterocycles. The predicted molar refractivity (Wildman–Crippen MR) is 42.8 cm³/mol. The molecule has 0 aliphatic heterocycles. The third-order valence-electron chi connectivity index (χ3n) is 1.44. The third-order valence-corrected chi connectivity index (χ3v) is 1.44. The van der Waals surface area contributed by atoms with Crippen LogP contribution in [0.15, 0.2) is 0 Å². The first-order valence-electron chi connectivity index (χ1n) is 3.67. The van der Waals surface area contributed by atoms with Crippen molar-refractivity contribution in [1.29, 1.82) is 0 Å². The summed E-state index contributed by atoms with van der Waals surface area (Å²) in [6.07, 6.45) is 3.69. The first-order chi connectivity index (χ1) is 4.68. The van der Waals surface area contributed by atoms with Crippen LogP contribution in [0.3, 0.4) is 0 Å². The maximum atomic E-state index is 10.2. The van der Waals surface area contributed by atoms with Crippen LogP contribution in [-0.4, -0.2) is 25.0 Å². The minimum Gasteiger partial charge on any atom is -0.480 e. The van der Waals surface area contributed by atoms with Crippen LogP contribution in [0.2, 0.25) is 6.32 Å². The number of rotatable bonds is 5. The van der Waals surface area contributed by atoms with Gasteiger partial charge in [-0.3, -0.25) is 4.79 Å². The van der Waals surface area contributed by atoms with Crippen molar-refractivity contribution in [1.82, 2.24) is 0 Å². The molecule has 0 aliphatic carbocycles. The summed E-state index contributed by atoms with van der Waals surface area (Å²) in [7, 11) is 2.08. The molecule has 0 bridgehead atoms. The van der Waals surface area contributed by atoms with Crippen LogP contribution in [0.25, 0.3) is 0 Å². The molecule has 0 fully saturated rings. The van der Waals surface area contributed by atoms with Crippen LogP contribution >= 0.6 is 0 Å². The van der Waals surface area contributed by atoms with Crippen molar-refractivity contribution in [3.8, 4) is 0 Å². The molecule has 0 saturated carbocycles. The van der Waals surface area contributed by atoms with Gasteiger partial charge in [0.2, 0.25) is 0 Å². The summed E-state index contributed by atoms with van der Waals surface area (Å²) in [5.74, 6) is -0.892. The van der Waals surface area contributed by atoms with E-state index < -0.39 is 12.0 Å². The quantitative estimate of drug-likeness (QED) is 0.407. The van der Waals surface area contributed by atoms with Crippen molar-refractivity contribution >= 4 is 13.8 Å². The summed E-state index contributed by atoms with van der Waals surface area (Å²) in [6, 6.07) is -0.661. The standard InChI is InChI=1S/C6H14BNO2/c7-4-2-1-3-5(8)6(9)10/h5H,1-4,7-8H2,(H,9,10)/t5-/m0/s1. The van der Waals surface area contributed by atoms with Crippen LogP contribution in [0.4, 0.5) is 0 Å². The average molecular weight is 143 g/mol. The molecular weight excluding hydrogens is 129 g/mol. The second-order valence-electron chi connectivity index (χ2n) is 2.44. The minimum absolute atomic E-state index is 0.600. The first kappa shape index (κ1) is 9.49. The summed E-state index contributed by atoms with van der Waals surface area (Å²) in [4.78, 5) is 10.2. The van der Waals surface area contributed by atoms with Gasteiger partial charge in [-0.1, -0.05) is 19.2 Å². The molecule has 0 radical (unpaired) electrons. The molecule has 0 aromatic heterocycles. The fourth-order valence-corrected chi connectivity index (χ4v) is 0.738. The van der Waals surface area contributed by atoms with Gasteiger partial charge in [0.15, 0.2) is 0 Å². The molecule has 0 aliphatic rings. The van der Waals surface area contributed by atoms with Crippen molar-refractivity contribution in [2.75, 3.05) is 0 Å². The number of unbranched alkanes of at least 4 members (excludes halogenated alkanes) is 1. The molecule has 58 valence electrons. The second kappa shape index (κ2) is 5.29. The van der Waals surface area contributed by atoms with Gasteiger partial charge in [-0.25, -0.2) is 0 Å². The molecule has 0 saturated heterocycles. The summed E-state index contributed by atoms with van der Waals surface area (Å²) < 4.78 is 0. The number of carboxylic acid groups (broad SMARTS) is 1. The van der Waals surface area contributed by atoms with E-state index in [1.54, 1.807) is 0 Å². The van der Waals surface area contributed by atoms with E-state index in [4.69, 9.17) is 10.8 Å². The maximum absolute atomic E-state index is 10.2. The van der Waals surface area contributed by atoms with Gasteiger partial charge in [-0.15, -0.1) is 0 Å². The van der Waals surface area contributed by atoms with Crippen LogP contribution < -0.4 is 5.73 Å². The molecule has 3 nitrogen and oxygen atoms in total. The third kappa shape index (κ3) is 4.38. The number of nitrogens with two attached hydrogens (primary N) is 1. The van der Waals surface area contributed by atoms with E-state index in [2.05, 4.69) is 7.85 Å². The Morgan fingerprint density at radius 1 is 1.60 bits per heavy atom. The van der Waals surface area contributed by atoms with Crippen LogP contribution in [0.5, 0.6) is 0 Å². The summed E-state index contributed by atoms with van der Waals surface area (Å²) >= 11 is 0. The Morgan fingerprint density at radius 3 is 2.60 bits per heavy atom. The van der Waals surface area contributed by atoms with Crippen molar-refractivity contribution in [3.63, 3.8) is 0 Å². The fourth-order valence-electron chi connectivity index (χ4n) is 0.738. The highest BCUT2D eigenvalue weighted by Crippen LogP contribution is 2.00. The molecule has 1 atom stereocenters. The van der Waals surface area contributed by atoms with Gasteiger partial charge in [0.1, 0.15) is 13.9 Å². The Kier molecular flexibility index (Phi) is 5.03. The molecule has 0 spiro atoms. The fraction of sp³-hybridized carbons (Fsp3) is 0.833. The van der Waals surface area contributed by atoms with Crippen molar-refractivity contribution in [2.45, 2.75) is 31.6 Å². The van der Waals surface area contributed by atoms with Crippen molar-refractivity contribution in [3.05, 3.63) is 0 Å². The lowest BCUT2D eigenvalue weighted by Crippen LogP contribution is -2.29. The van der Waals surface area contributed by atoms with Gasteiger partial charge in [-0.2, -0.15) is 0 Å². The number of carboxylic acids is 1. The van der Waals surface area contributed by atoms with Gasteiger partial charge >= 0.3 is 5.97 Å². The molecule has 0 aromatic carbocycles. The van der Waals surface area contributed by atoms with E-state index in [9.17, 15) is 4.79 Å². The van der Waals surface area contributed by atoms with Crippen molar-refractivity contribution < 1.29 is 9.90 Å². The topological polar surface area (TPSA) is 63.3 Å². The Hall–Kier alpha value is -0.505. The summed E-state index contributed by atoms with van der Waals surface area (Å²) in [5, 5.41) is 8.36. The van der Waals surface area contributed by atoms with E-state index in [0.29, 0.717) is 6.42 Å². The highest BCUT2D eigenvalue weighted by Gasteiger charge is 2.09. The van der Waals surface area contributed by atoms with Gasteiger partial charge in [-0.05, 0) is 6.42 Å². The predicted octanol–water partition coefficient (Wildman–Crippen LogP) is -0.380. The van der Waals surface area contributed by atoms with Gasteiger partial charge in [0.25, 0.3) is 0 Å². The molecule has 4 heteroatoms. The van der Waals surface area contributed by atoms with Crippen LogP contribution in [-0.2, 0) is 4.79 Å². The molecular formula is C6H14BNO2. The van der Waals surface area contributed by atoms with Gasteiger partial charge in [0, 0.05) is 0 Å². The molecule has 10 heavy (non-hydrogen) atoms. The Bertz CT molecular complexity index is 108. The largest absolute Gasteiger partial charge is 0.480 e. The van der Waals surface area contributed by atoms with Crippen LogP contribution in [0, 0.1) is 0 Å². The number of carbonyl (C=O) groups is 1. The van der Waals surface area contributed by atoms with E-state index in [-0.39, 0.29) is 0 Å². The Labute approximate surface area is 62.0 Å². The average Bonchev–Trinajstić information content (AvgIpc) is 1.88. The SMILES string of the molecule is BCCCC[C@H](N)C(=O)O. The normalized spacial score (nSPS) is 12.9. The molecule has 3 N–H and O–H groups in total. The molecule has 0 rings (SSSR count). The van der Waals surface area contributed by atoms with E-state index in [1.165, 1.54) is 0 Å². The summed E-state index contributed by atoms with van der Waals surface area (Å²) in [6.45, 7) is 0. The number of aliphatic carboxylic acids is 1. The summed E-state index contributed by atoms with van der Waals surface area (Å²) in [5.41, 5.74) is 5.26. The molecule has 0 unspecified atom stereocenters. The van der Waals surface area contributed by atoms with Crippen molar-refractivity contribution in [2.24, 2.45) is 5.73 Å².